The number of oxazole rings is 1. The summed E-state index contributed by atoms with van der Waals surface area (Å²) in [5.41, 5.74) is 0.815. The maximum atomic E-state index is 13.9. The number of hydrogen-bond donors (Lipinski definition) is 0. The minimum Gasteiger partial charge on any atom is -0.418 e. The van der Waals surface area contributed by atoms with Gasteiger partial charge in [0, 0.05) is 13.1 Å². The van der Waals surface area contributed by atoms with Crippen molar-refractivity contribution in [2.45, 2.75) is 6.67 Å². The van der Waals surface area contributed by atoms with Crippen LogP contribution in [0, 0.1) is 0 Å². The summed E-state index contributed by atoms with van der Waals surface area (Å²) < 4.78 is 25.5. The minimum atomic E-state index is -2.46. The van der Waals surface area contributed by atoms with Gasteiger partial charge in [0.2, 0.25) is 5.89 Å². The number of hydrogen-bond acceptors (Lipinski definition) is 4. The highest BCUT2D eigenvalue weighted by atomic mass is 31.2. The van der Waals surface area contributed by atoms with Crippen molar-refractivity contribution in [3.63, 3.8) is 0 Å². The molecule has 1 aliphatic heterocycles. The van der Waals surface area contributed by atoms with E-state index in [1.54, 1.807) is 0 Å². The van der Waals surface area contributed by atoms with E-state index < -0.39 is 13.9 Å². The molecule has 0 aliphatic carbocycles. The van der Waals surface area contributed by atoms with Crippen molar-refractivity contribution in [3.05, 3.63) is 96.9 Å². The van der Waals surface area contributed by atoms with Crippen molar-refractivity contribution in [1.82, 2.24) is 4.98 Å². The van der Waals surface area contributed by atoms with E-state index in [9.17, 15) is 4.39 Å². The van der Waals surface area contributed by atoms with Crippen LogP contribution in [0.2, 0.25) is 0 Å². The molecular weight excluding hydrogens is 422 g/mol. The third-order valence-electron chi connectivity index (χ3n) is 5.80. The van der Waals surface area contributed by atoms with Gasteiger partial charge in [0.15, 0.2) is 13.9 Å². The van der Waals surface area contributed by atoms with Crippen LogP contribution in [-0.4, -0.2) is 31.3 Å². The molecule has 3 aromatic carbocycles. The second kappa shape index (κ2) is 9.23. The Bertz CT molecular complexity index is 1050. The summed E-state index contributed by atoms with van der Waals surface area (Å²) in [6.07, 6.45) is 0. The fourth-order valence-electron chi connectivity index (χ4n) is 4.36. The first-order valence-corrected chi connectivity index (χ1v) is 12.6. The van der Waals surface area contributed by atoms with Crippen LogP contribution >= 0.6 is 7.26 Å². The monoisotopic (exact) mass is 447 g/mol. The van der Waals surface area contributed by atoms with Gasteiger partial charge in [0.1, 0.15) is 15.9 Å². The summed E-state index contributed by atoms with van der Waals surface area (Å²) in [5.74, 6) is 0.777. The minimum absolute atomic E-state index is 0.119. The molecule has 0 N–H and O–H groups in total. The fourth-order valence-corrected chi connectivity index (χ4v) is 8.58. The molecule has 6 heteroatoms. The Morgan fingerprint density at radius 1 is 0.750 bits per heavy atom. The topological polar surface area (TPSA) is 38.5 Å². The van der Waals surface area contributed by atoms with Gasteiger partial charge >= 0.3 is 0 Å². The number of anilines is 1. The average Bonchev–Trinajstić information content (AvgIpc) is 3.32. The average molecular weight is 447 g/mol. The predicted molar refractivity (Wildman–Crippen MR) is 129 cm³/mol. The third-order valence-corrected chi connectivity index (χ3v) is 9.94. The van der Waals surface area contributed by atoms with Gasteiger partial charge in [-0.2, -0.15) is 4.98 Å². The van der Waals surface area contributed by atoms with E-state index >= 15 is 0 Å². The zero-order valence-corrected chi connectivity index (χ0v) is 18.6. The second-order valence-electron chi connectivity index (χ2n) is 7.65. The van der Waals surface area contributed by atoms with E-state index in [0.717, 1.165) is 21.3 Å². The number of nitrogens with zero attached hydrogens (tertiary/aromatic N) is 2. The maximum Gasteiger partial charge on any atom is 0.262 e. The van der Waals surface area contributed by atoms with Crippen molar-refractivity contribution in [1.29, 1.82) is 0 Å². The Morgan fingerprint density at radius 2 is 1.22 bits per heavy atom. The molecule has 0 atom stereocenters. The Morgan fingerprint density at radius 3 is 1.66 bits per heavy atom. The van der Waals surface area contributed by atoms with Crippen LogP contribution in [0.15, 0.2) is 95.4 Å². The lowest BCUT2D eigenvalue weighted by atomic mass is 10.4. The molecule has 1 aromatic heterocycles. The van der Waals surface area contributed by atoms with Gasteiger partial charge in [-0.1, -0.05) is 54.6 Å². The van der Waals surface area contributed by atoms with Crippen LogP contribution in [0.4, 0.5) is 10.3 Å². The lowest BCUT2D eigenvalue weighted by Gasteiger charge is -2.30. The Balaban J connectivity index is 1.87. The first kappa shape index (κ1) is 20.9. The molecular formula is C26H25FN2O2P+. The van der Waals surface area contributed by atoms with Gasteiger partial charge in [-0.15, -0.1) is 0 Å². The largest absolute Gasteiger partial charge is 0.418 e. The van der Waals surface area contributed by atoms with E-state index in [-0.39, 0.29) is 5.89 Å². The van der Waals surface area contributed by atoms with Crippen LogP contribution in [0.1, 0.15) is 5.89 Å². The quantitative estimate of drug-likeness (QED) is 0.424. The SMILES string of the molecule is FCc1nc([P+](c2ccccc2)(c2ccccc2)c2ccccc2)c(N2CCOCC2)o1. The molecule has 0 saturated carbocycles. The van der Waals surface area contributed by atoms with E-state index in [1.165, 1.54) is 0 Å². The van der Waals surface area contributed by atoms with Gasteiger partial charge in [0.05, 0.1) is 13.2 Å². The first-order valence-electron chi connectivity index (χ1n) is 10.8. The highest BCUT2D eigenvalue weighted by Crippen LogP contribution is 2.56. The third kappa shape index (κ3) is 3.62. The fraction of sp³-hybridized carbons (Fsp3) is 0.192. The standard InChI is InChI=1S/C26H25FN2O2P/c27-20-24-28-25(26(31-24)29-16-18-30-19-17-29)32(21-10-4-1-5-11-21,22-12-6-2-7-13-22)23-14-8-3-9-15-23/h1-15H,16-20H2/q+1. The van der Waals surface area contributed by atoms with Crippen molar-refractivity contribution in [2.75, 3.05) is 31.2 Å². The molecule has 162 valence electrons. The number of aromatic nitrogens is 1. The summed E-state index contributed by atoms with van der Waals surface area (Å²) in [6.45, 7) is 1.85. The van der Waals surface area contributed by atoms with Crippen LogP contribution < -0.4 is 26.2 Å². The summed E-state index contributed by atoms with van der Waals surface area (Å²) in [6, 6.07) is 31.3. The van der Waals surface area contributed by atoms with Gasteiger partial charge in [0.25, 0.3) is 11.3 Å². The molecule has 5 rings (SSSR count). The summed E-state index contributed by atoms with van der Waals surface area (Å²) in [7, 11) is -2.46. The molecule has 0 radical (unpaired) electrons. The van der Waals surface area contributed by atoms with Crippen molar-refractivity contribution < 1.29 is 13.5 Å². The Hall–Kier alpha value is -3.01. The molecule has 4 nitrogen and oxygen atoms in total. The normalized spacial score (nSPS) is 14.5. The van der Waals surface area contributed by atoms with E-state index in [0.29, 0.717) is 32.2 Å². The molecule has 2 heterocycles. The van der Waals surface area contributed by atoms with Gasteiger partial charge in [-0.3, -0.25) is 0 Å². The summed E-state index contributed by atoms with van der Waals surface area (Å²) in [5, 5.41) is 3.47. The number of halogens is 1. The van der Waals surface area contributed by atoms with Crippen molar-refractivity contribution in [2.24, 2.45) is 0 Å². The summed E-state index contributed by atoms with van der Waals surface area (Å²) >= 11 is 0. The predicted octanol–water partition coefficient (Wildman–Crippen LogP) is 3.60. The molecule has 1 aliphatic rings. The molecule has 1 fully saturated rings. The number of rotatable bonds is 6. The number of benzene rings is 3. The van der Waals surface area contributed by atoms with Crippen LogP contribution in [-0.2, 0) is 11.4 Å². The van der Waals surface area contributed by atoms with Crippen LogP contribution in [0.5, 0.6) is 0 Å². The number of morpholine rings is 1. The molecule has 0 bridgehead atoms. The zero-order chi connectivity index (χ0) is 21.8. The maximum absolute atomic E-state index is 13.9. The molecule has 32 heavy (non-hydrogen) atoms. The molecule has 0 spiro atoms. The van der Waals surface area contributed by atoms with Gasteiger partial charge in [-0.05, 0) is 36.4 Å². The van der Waals surface area contributed by atoms with E-state index in [1.807, 2.05) is 18.2 Å². The summed E-state index contributed by atoms with van der Waals surface area (Å²) in [4.78, 5) is 6.98. The van der Waals surface area contributed by atoms with Crippen molar-refractivity contribution in [3.8, 4) is 0 Å². The van der Waals surface area contributed by atoms with Crippen LogP contribution in [0.3, 0.4) is 0 Å². The Kier molecular flexibility index (Phi) is 6.02. The lowest BCUT2D eigenvalue weighted by Crippen LogP contribution is -2.44. The van der Waals surface area contributed by atoms with Gasteiger partial charge < -0.3 is 14.1 Å². The van der Waals surface area contributed by atoms with Crippen molar-refractivity contribution >= 4 is 34.5 Å². The smallest absolute Gasteiger partial charge is 0.262 e. The Labute approximate surface area is 188 Å². The zero-order valence-electron chi connectivity index (χ0n) is 17.7. The molecule has 0 unspecified atom stereocenters. The number of ether oxygens (including phenoxy) is 1. The van der Waals surface area contributed by atoms with Crippen LogP contribution in [0.25, 0.3) is 0 Å². The molecule has 4 aromatic rings. The lowest BCUT2D eigenvalue weighted by molar-refractivity contribution is 0.120. The second-order valence-corrected chi connectivity index (χ2v) is 11.0. The van der Waals surface area contributed by atoms with E-state index in [4.69, 9.17) is 14.1 Å². The molecule has 0 amide bonds. The van der Waals surface area contributed by atoms with Gasteiger partial charge in [-0.25, -0.2) is 4.39 Å². The van der Waals surface area contributed by atoms with E-state index in [2.05, 4.69) is 77.7 Å². The number of alkyl halides is 1. The highest BCUT2D eigenvalue weighted by Gasteiger charge is 2.53. The molecule has 1 saturated heterocycles. The highest BCUT2D eigenvalue weighted by molar-refractivity contribution is 8.01. The first-order chi connectivity index (χ1) is 15.8.